The van der Waals surface area contributed by atoms with E-state index in [4.69, 9.17) is 5.11 Å². The van der Waals surface area contributed by atoms with Crippen molar-refractivity contribution in [2.75, 3.05) is 0 Å². The summed E-state index contributed by atoms with van der Waals surface area (Å²) >= 11 is 3.37. The monoisotopic (exact) mass is 254 g/mol. The van der Waals surface area contributed by atoms with Crippen molar-refractivity contribution >= 4 is 27.5 Å². The lowest BCUT2D eigenvalue weighted by Crippen LogP contribution is -1.94. The smallest absolute Gasteiger partial charge is 0.356 e. The van der Waals surface area contributed by atoms with Gasteiger partial charge in [0, 0.05) is 12.4 Å². The Kier molecular flexibility index (Phi) is 2.03. The lowest BCUT2D eigenvalue weighted by Gasteiger charge is -1.98. The number of carboxylic acids is 1. The Bertz CT molecular complexity index is 519. The van der Waals surface area contributed by atoms with Crippen LogP contribution in [0.25, 0.3) is 5.65 Å². The Morgan fingerprint density at radius 2 is 2.36 bits per heavy atom. The molecule has 0 spiro atoms. The van der Waals surface area contributed by atoms with Gasteiger partial charge in [-0.2, -0.15) is 0 Å². The summed E-state index contributed by atoms with van der Waals surface area (Å²) in [4.78, 5) is 14.7. The zero-order chi connectivity index (χ0) is 10.3. The van der Waals surface area contributed by atoms with Crippen molar-refractivity contribution in [3.63, 3.8) is 0 Å². The van der Waals surface area contributed by atoms with Gasteiger partial charge >= 0.3 is 5.97 Å². The molecular formula is C9H7BrN2O2. The number of aryl methyl sites for hydroxylation is 1. The molecule has 2 aromatic heterocycles. The predicted octanol–water partition coefficient (Wildman–Crippen LogP) is 2.10. The molecule has 5 heteroatoms. The van der Waals surface area contributed by atoms with Crippen molar-refractivity contribution in [2.45, 2.75) is 6.92 Å². The van der Waals surface area contributed by atoms with Gasteiger partial charge in [0.05, 0.1) is 4.47 Å². The number of aromatic nitrogens is 2. The summed E-state index contributed by atoms with van der Waals surface area (Å²) in [5.74, 6) is -1.02. The predicted molar refractivity (Wildman–Crippen MR) is 54.6 cm³/mol. The van der Waals surface area contributed by atoms with E-state index in [1.807, 2.05) is 13.0 Å². The molecule has 2 rings (SSSR count). The Labute approximate surface area is 88.3 Å². The second kappa shape index (κ2) is 3.09. The number of imidazole rings is 1. The fourth-order valence-corrected chi connectivity index (χ4v) is 1.64. The molecule has 14 heavy (non-hydrogen) atoms. The first-order valence-electron chi connectivity index (χ1n) is 3.96. The van der Waals surface area contributed by atoms with Gasteiger partial charge in [0.25, 0.3) is 0 Å². The molecule has 0 saturated carbocycles. The minimum absolute atomic E-state index is 0.0521. The van der Waals surface area contributed by atoms with Gasteiger partial charge in [-0.05, 0) is 34.5 Å². The van der Waals surface area contributed by atoms with Crippen LogP contribution >= 0.6 is 15.9 Å². The maximum atomic E-state index is 10.7. The second-order valence-corrected chi connectivity index (χ2v) is 3.77. The number of rotatable bonds is 1. The molecule has 0 aliphatic carbocycles. The summed E-state index contributed by atoms with van der Waals surface area (Å²) < 4.78 is 2.51. The van der Waals surface area contributed by atoms with Gasteiger partial charge in [0.2, 0.25) is 0 Å². The van der Waals surface area contributed by atoms with Crippen LogP contribution < -0.4 is 0 Å². The largest absolute Gasteiger partial charge is 0.476 e. The van der Waals surface area contributed by atoms with Crippen molar-refractivity contribution in [1.82, 2.24) is 9.38 Å². The minimum atomic E-state index is -1.02. The molecule has 0 amide bonds. The van der Waals surface area contributed by atoms with Crippen LogP contribution in [0.5, 0.6) is 0 Å². The van der Waals surface area contributed by atoms with E-state index < -0.39 is 5.97 Å². The number of halogens is 1. The van der Waals surface area contributed by atoms with Gasteiger partial charge in [0.15, 0.2) is 11.3 Å². The van der Waals surface area contributed by atoms with E-state index in [2.05, 4.69) is 20.9 Å². The van der Waals surface area contributed by atoms with E-state index in [-0.39, 0.29) is 5.69 Å². The minimum Gasteiger partial charge on any atom is -0.476 e. The zero-order valence-corrected chi connectivity index (χ0v) is 8.95. The van der Waals surface area contributed by atoms with Crippen LogP contribution in [0.15, 0.2) is 22.9 Å². The molecule has 2 heterocycles. The number of carbonyl (C=O) groups is 1. The zero-order valence-electron chi connectivity index (χ0n) is 7.36. The number of hydrogen-bond acceptors (Lipinski definition) is 2. The highest BCUT2D eigenvalue weighted by atomic mass is 79.9. The molecule has 0 bridgehead atoms. The van der Waals surface area contributed by atoms with Crippen LogP contribution in [0, 0.1) is 6.92 Å². The fourth-order valence-electron chi connectivity index (χ4n) is 1.21. The highest BCUT2D eigenvalue weighted by molar-refractivity contribution is 9.10. The normalized spacial score (nSPS) is 10.7. The third-order valence-electron chi connectivity index (χ3n) is 1.98. The van der Waals surface area contributed by atoms with Crippen molar-refractivity contribution in [1.29, 1.82) is 0 Å². The molecule has 0 unspecified atom stereocenters. The third kappa shape index (κ3) is 1.29. The summed E-state index contributed by atoms with van der Waals surface area (Å²) in [5.41, 5.74) is 1.71. The SMILES string of the molecule is Cc1ccn2cc(C(=O)O)nc2c1Br. The first-order valence-corrected chi connectivity index (χ1v) is 4.76. The van der Waals surface area contributed by atoms with E-state index in [9.17, 15) is 4.79 Å². The molecule has 0 saturated heterocycles. The maximum Gasteiger partial charge on any atom is 0.356 e. The van der Waals surface area contributed by atoms with Gasteiger partial charge in [-0.3, -0.25) is 0 Å². The van der Waals surface area contributed by atoms with E-state index in [0.29, 0.717) is 5.65 Å². The molecule has 1 N–H and O–H groups in total. The van der Waals surface area contributed by atoms with Crippen molar-refractivity contribution in [2.24, 2.45) is 0 Å². The number of aromatic carboxylic acids is 1. The average molecular weight is 255 g/mol. The summed E-state index contributed by atoms with van der Waals surface area (Å²) in [5, 5.41) is 8.75. The number of nitrogens with zero attached hydrogens (tertiary/aromatic N) is 2. The van der Waals surface area contributed by atoms with Gasteiger partial charge in [-0.1, -0.05) is 0 Å². The molecule has 0 atom stereocenters. The fraction of sp³-hybridized carbons (Fsp3) is 0.111. The summed E-state index contributed by atoms with van der Waals surface area (Å²) in [6, 6.07) is 1.89. The number of fused-ring (bicyclic) bond motifs is 1. The lowest BCUT2D eigenvalue weighted by molar-refractivity contribution is 0.0691. The first-order chi connectivity index (χ1) is 6.59. The molecule has 0 aliphatic heterocycles. The van der Waals surface area contributed by atoms with Crippen LogP contribution in [0.1, 0.15) is 16.1 Å². The Balaban J connectivity index is 2.77. The summed E-state index contributed by atoms with van der Waals surface area (Å²) in [6.45, 7) is 1.93. The van der Waals surface area contributed by atoms with Gasteiger partial charge in [-0.25, -0.2) is 9.78 Å². The second-order valence-electron chi connectivity index (χ2n) is 2.97. The standard InChI is InChI=1S/C9H7BrN2O2/c1-5-2-3-12-4-6(9(13)14)11-8(12)7(5)10/h2-4H,1H3,(H,13,14). The van der Waals surface area contributed by atoms with Gasteiger partial charge < -0.3 is 9.51 Å². The Morgan fingerprint density at radius 3 is 3.00 bits per heavy atom. The highest BCUT2D eigenvalue weighted by Crippen LogP contribution is 2.21. The molecule has 4 nitrogen and oxygen atoms in total. The highest BCUT2D eigenvalue weighted by Gasteiger charge is 2.11. The van der Waals surface area contributed by atoms with Crippen LogP contribution in [-0.4, -0.2) is 20.5 Å². The van der Waals surface area contributed by atoms with E-state index in [1.165, 1.54) is 6.20 Å². The van der Waals surface area contributed by atoms with Crippen molar-refractivity contribution < 1.29 is 9.90 Å². The molecular weight excluding hydrogens is 248 g/mol. The lowest BCUT2D eigenvalue weighted by atomic mass is 10.3. The molecule has 0 aliphatic rings. The first kappa shape index (κ1) is 9.21. The van der Waals surface area contributed by atoms with Gasteiger partial charge in [0.1, 0.15) is 0 Å². The average Bonchev–Trinajstić information content (AvgIpc) is 2.56. The molecule has 0 aromatic carbocycles. The Hall–Kier alpha value is -1.36. The van der Waals surface area contributed by atoms with Gasteiger partial charge in [-0.15, -0.1) is 0 Å². The Morgan fingerprint density at radius 1 is 1.64 bits per heavy atom. The van der Waals surface area contributed by atoms with E-state index in [1.54, 1.807) is 10.6 Å². The van der Waals surface area contributed by atoms with Crippen molar-refractivity contribution in [3.8, 4) is 0 Å². The third-order valence-corrected chi connectivity index (χ3v) is 2.96. The quantitative estimate of drug-likeness (QED) is 0.848. The van der Waals surface area contributed by atoms with Crippen LogP contribution in [0.4, 0.5) is 0 Å². The summed E-state index contributed by atoms with van der Waals surface area (Å²) in [6.07, 6.45) is 3.27. The molecule has 2 aromatic rings. The topological polar surface area (TPSA) is 54.6 Å². The molecule has 0 fully saturated rings. The maximum absolute atomic E-state index is 10.7. The van der Waals surface area contributed by atoms with Crippen LogP contribution in [0.2, 0.25) is 0 Å². The number of hydrogen-bond donors (Lipinski definition) is 1. The molecule has 0 radical (unpaired) electrons. The van der Waals surface area contributed by atoms with Crippen molar-refractivity contribution in [3.05, 3.63) is 34.2 Å². The molecule has 72 valence electrons. The van der Waals surface area contributed by atoms with E-state index >= 15 is 0 Å². The van der Waals surface area contributed by atoms with E-state index in [0.717, 1.165) is 10.0 Å². The van der Waals surface area contributed by atoms with Crippen LogP contribution in [0.3, 0.4) is 0 Å². The number of carboxylic acid groups (broad SMARTS) is 1. The van der Waals surface area contributed by atoms with Crippen LogP contribution in [-0.2, 0) is 0 Å². The number of pyridine rings is 1. The summed E-state index contributed by atoms with van der Waals surface area (Å²) in [7, 11) is 0.